The van der Waals surface area contributed by atoms with Gasteiger partial charge in [-0.15, -0.1) is 0 Å². The highest BCUT2D eigenvalue weighted by Gasteiger charge is 2.20. The Morgan fingerprint density at radius 3 is 2.41 bits per heavy atom. The second-order valence-electron chi connectivity index (χ2n) is 7.26. The average Bonchev–Trinajstić information content (AvgIpc) is 2.73. The molecule has 0 saturated heterocycles. The number of aromatic amines is 1. The molecule has 1 aliphatic heterocycles. The number of aromatic nitrogens is 1. The lowest BCUT2D eigenvalue weighted by atomic mass is 9.99. The number of hydrogen-bond donors (Lipinski definition) is 3. The third-order valence-corrected chi connectivity index (χ3v) is 5.27. The molecule has 1 unspecified atom stereocenters. The zero-order valence-corrected chi connectivity index (χ0v) is 16.1. The molecule has 0 aliphatic carbocycles. The first-order valence-electron chi connectivity index (χ1n) is 9.64. The van der Waals surface area contributed by atoms with Gasteiger partial charge in [0.15, 0.2) is 0 Å². The monoisotopic (exact) mass is 391 g/mol. The lowest BCUT2D eigenvalue weighted by Crippen LogP contribution is -2.33. The van der Waals surface area contributed by atoms with E-state index in [0.717, 1.165) is 34.5 Å². The molecule has 0 radical (unpaired) electrons. The molecular weight excluding hydrogens is 369 g/mol. The Labute approximate surface area is 168 Å². The largest absolute Gasteiger partial charge is 0.346 e. The number of fused-ring (bicyclic) bond motifs is 1. The summed E-state index contributed by atoms with van der Waals surface area (Å²) in [5.41, 5.74) is 4.70. The fourth-order valence-corrected chi connectivity index (χ4v) is 3.65. The maximum absolute atomic E-state index is 13.1. The molecule has 29 heavy (non-hydrogen) atoms. The summed E-state index contributed by atoms with van der Waals surface area (Å²) in [6.07, 6.45) is 0.700. The van der Waals surface area contributed by atoms with E-state index in [1.54, 1.807) is 12.1 Å². The van der Waals surface area contributed by atoms with E-state index in [9.17, 15) is 14.0 Å². The van der Waals surface area contributed by atoms with E-state index in [4.69, 9.17) is 0 Å². The van der Waals surface area contributed by atoms with Gasteiger partial charge in [0.05, 0.1) is 11.6 Å². The molecule has 1 aliphatic rings. The number of nitrogens with one attached hydrogen (secondary N) is 3. The van der Waals surface area contributed by atoms with Gasteiger partial charge in [-0.25, -0.2) is 4.39 Å². The van der Waals surface area contributed by atoms with Gasteiger partial charge < -0.3 is 15.6 Å². The minimum Gasteiger partial charge on any atom is -0.346 e. The Kier molecular flexibility index (Phi) is 5.27. The number of benzene rings is 2. The molecule has 0 bridgehead atoms. The van der Waals surface area contributed by atoms with Crippen LogP contribution in [0.15, 0.2) is 59.4 Å². The highest BCUT2D eigenvalue weighted by atomic mass is 19.1. The number of halogens is 1. The summed E-state index contributed by atoms with van der Waals surface area (Å²) in [6, 6.07) is 15.3. The summed E-state index contributed by atoms with van der Waals surface area (Å²) in [5, 5.41) is 6.23. The van der Waals surface area contributed by atoms with Crippen LogP contribution >= 0.6 is 0 Å². The number of hydrogen-bond acceptors (Lipinski definition) is 3. The fourth-order valence-electron chi connectivity index (χ4n) is 3.65. The van der Waals surface area contributed by atoms with Crippen LogP contribution in [0.1, 0.15) is 40.1 Å². The molecule has 0 fully saturated rings. The summed E-state index contributed by atoms with van der Waals surface area (Å²) < 4.78 is 13.1. The van der Waals surface area contributed by atoms with Crippen molar-refractivity contribution in [1.29, 1.82) is 0 Å². The molecule has 148 valence electrons. The Morgan fingerprint density at radius 1 is 1.07 bits per heavy atom. The first kappa shape index (κ1) is 19.1. The van der Waals surface area contributed by atoms with Gasteiger partial charge in [-0.05, 0) is 41.3 Å². The molecule has 4 rings (SSSR count). The van der Waals surface area contributed by atoms with Gasteiger partial charge in [0.25, 0.3) is 5.91 Å². The normalized spacial score (nSPS) is 14.1. The van der Waals surface area contributed by atoms with Gasteiger partial charge in [0.2, 0.25) is 5.56 Å². The van der Waals surface area contributed by atoms with Crippen LogP contribution in [-0.2, 0) is 13.0 Å². The zero-order valence-electron chi connectivity index (χ0n) is 16.1. The second kappa shape index (κ2) is 8.01. The molecule has 2 heterocycles. The second-order valence-corrected chi connectivity index (χ2v) is 7.26. The van der Waals surface area contributed by atoms with Gasteiger partial charge in [-0.1, -0.05) is 36.4 Å². The predicted molar refractivity (Wildman–Crippen MR) is 110 cm³/mol. The van der Waals surface area contributed by atoms with Crippen LogP contribution < -0.4 is 16.2 Å². The van der Waals surface area contributed by atoms with Crippen LogP contribution in [0.3, 0.4) is 0 Å². The Balaban J connectivity index is 1.51. The van der Waals surface area contributed by atoms with Gasteiger partial charge >= 0.3 is 0 Å². The van der Waals surface area contributed by atoms with Crippen molar-refractivity contribution < 1.29 is 9.18 Å². The number of H-pyrrole nitrogens is 1. The predicted octanol–water partition coefficient (Wildman–Crippen LogP) is 3.32. The van der Waals surface area contributed by atoms with Crippen molar-refractivity contribution in [2.24, 2.45) is 0 Å². The van der Waals surface area contributed by atoms with E-state index in [2.05, 4.69) is 15.6 Å². The van der Waals surface area contributed by atoms with Crippen molar-refractivity contribution in [2.75, 3.05) is 6.54 Å². The minimum atomic E-state index is -0.265. The maximum Gasteiger partial charge on any atom is 0.252 e. The van der Waals surface area contributed by atoms with Crippen LogP contribution in [0.2, 0.25) is 0 Å². The van der Waals surface area contributed by atoms with Gasteiger partial charge in [-0.3, -0.25) is 9.59 Å². The molecule has 1 aromatic heterocycles. The minimum absolute atomic E-state index is 0.226. The smallest absolute Gasteiger partial charge is 0.252 e. The van der Waals surface area contributed by atoms with Crippen molar-refractivity contribution in [1.82, 2.24) is 15.6 Å². The van der Waals surface area contributed by atoms with E-state index in [1.807, 2.05) is 31.2 Å². The van der Waals surface area contributed by atoms with E-state index in [-0.39, 0.29) is 23.3 Å². The van der Waals surface area contributed by atoms with E-state index < -0.39 is 0 Å². The Morgan fingerprint density at radius 2 is 1.72 bits per heavy atom. The van der Waals surface area contributed by atoms with Crippen LogP contribution in [0, 0.1) is 5.82 Å². The van der Waals surface area contributed by atoms with Crippen molar-refractivity contribution in [3.63, 3.8) is 0 Å². The lowest BCUT2D eigenvalue weighted by Gasteiger charge is -2.21. The Bertz CT molecular complexity index is 1090. The molecule has 6 heteroatoms. The molecule has 3 N–H and O–H groups in total. The van der Waals surface area contributed by atoms with Gasteiger partial charge in [-0.2, -0.15) is 0 Å². The van der Waals surface area contributed by atoms with Crippen LogP contribution in [-0.4, -0.2) is 17.4 Å². The van der Waals surface area contributed by atoms with Crippen molar-refractivity contribution in [2.45, 2.75) is 25.9 Å². The standard InChI is InChI=1S/C23H22FN3O2/c1-14(15-2-4-16(5-3-15)17-6-8-18(24)9-7-17)26-23(29)19-12-22(28)27-21-10-11-25-13-20(19)21/h2-9,12,14,25H,10-11,13H2,1H3,(H,26,29)(H,27,28). The quantitative estimate of drug-likeness (QED) is 0.639. The number of carbonyl (C=O) groups excluding carboxylic acids is 1. The lowest BCUT2D eigenvalue weighted by molar-refractivity contribution is 0.0938. The first-order chi connectivity index (χ1) is 14.0. The summed E-state index contributed by atoms with van der Waals surface area (Å²) in [7, 11) is 0. The highest BCUT2D eigenvalue weighted by molar-refractivity contribution is 5.96. The van der Waals surface area contributed by atoms with E-state index >= 15 is 0 Å². The van der Waals surface area contributed by atoms with Crippen LogP contribution in [0.5, 0.6) is 0 Å². The molecule has 0 saturated carbocycles. The van der Waals surface area contributed by atoms with Crippen molar-refractivity contribution in [3.8, 4) is 11.1 Å². The maximum atomic E-state index is 13.1. The molecule has 2 aromatic carbocycles. The third kappa shape index (κ3) is 4.12. The summed E-state index contributed by atoms with van der Waals surface area (Å²) >= 11 is 0. The molecule has 0 spiro atoms. The zero-order chi connectivity index (χ0) is 20.4. The van der Waals surface area contributed by atoms with Crippen LogP contribution in [0.4, 0.5) is 4.39 Å². The SMILES string of the molecule is CC(NC(=O)c1cc(=O)[nH]c2c1CNCC2)c1ccc(-c2ccc(F)cc2)cc1. The molecule has 5 nitrogen and oxygen atoms in total. The summed E-state index contributed by atoms with van der Waals surface area (Å²) in [5.74, 6) is -0.523. The molecule has 1 amide bonds. The average molecular weight is 391 g/mol. The first-order valence-corrected chi connectivity index (χ1v) is 9.64. The Hall–Kier alpha value is -3.25. The van der Waals surface area contributed by atoms with Gasteiger partial charge in [0.1, 0.15) is 5.82 Å². The van der Waals surface area contributed by atoms with E-state index in [1.165, 1.54) is 18.2 Å². The molecule has 1 atom stereocenters. The van der Waals surface area contributed by atoms with Crippen molar-refractivity contribution >= 4 is 5.91 Å². The highest BCUT2D eigenvalue weighted by Crippen LogP contribution is 2.23. The number of pyridine rings is 1. The number of carbonyl (C=O) groups is 1. The summed E-state index contributed by atoms with van der Waals surface area (Å²) in [6.45, 7) is 3.25. The van der Waals surface area contributed by atoms with Gasteiger partial charge in [0, 0.05) is 31.3 Å². The summed E-state index contributed by atoms with van der Waals surface area (Å²) in [4.78, 5) is 27.6. The third-order valence-electron chi connectivity index (χ3n) is 5.27. The fraction of sp³-hybridized carbons (Fsp3) is 0.217. The van der Waals surface area contributed by atoms with E-state index in [0.29, 0.717) is 18.5 Å². The van der Waals surface area contributed by atoms with Crippen molar-refractivity contribution in [3.05, 3.63) is 93.2 Å². The number of amides is 1. The topological polar surface area (TPSA) is 74.0 Å². The molecular formula is C23H22FN3O2. The molecule has 3 aromatic rings. The number of rotatable bonds is 4. The van der Waals surface area contributed by atoms with Crippen LogP contribution in [0.25, 0.3) is 11.1 Å².